The summed E-state index contributed by atoms with van der Waals surface area (Å²) in [4.78, 5) is 4.34. The van der Waals surface area contributed by atoms with E-state index >= 15 is 0 Å². The fourth-order valence-corrected chi connectivity index (χ4v) is 2.07. The molecule has 7 heteroatoms. The molecule has 112 valence electrons. The van der Waals surface area contributed by atoms with Gasteiger partial charge in [0.15, 0.2) is 5.82 Å². The summed E-state index contributed by atoms with van der Waals surface area (Å²) < 4.78 is 5.24. The molecule has 0 aliphatic heterocycles. The first kappa shape index (κ1) is 14.3. The van der Waals surface area contributed by atoms with E-state index in [-0.39, 0.29) is 0 Å². The van der Waals surface area contributed by atoms with Crippen LogP contribution in [0, 0.1) is 0 Å². The van der Waals surface area contributed by atoms with Crippen LogP contribution >= 0.6 is 11.6 Å². The lowest BCUT2D eigenvalue weighted by atomic mass is 10.2. The number of furan rings is 1. The van der Waals surface area contributed by atoms with E-state index in [1.54, 1.807) is 12.5 Å². The highest BCUT2D eigenvalue weighted by atomic mass is 35.5. The van der Waals surface area contributed by atoms with Gasteiger partial charge in [-0.15, -0.1) is 5.10 Å². The van der Waals surface area contributed by atoms with Crippen molar-refractivity contribution in [2.24, 2.45) is 0 Å². The molecule has 2 N–H and O–H groups in total. The quantitative estimate of drug-likeness (QED) is 0.726. The lowest BCUT2D eigenvalue weighted by Crippen LogP contribution is -2.08. The minimum Gasteiger partial charge on any atom is -0.467 e. The maximum Gasteiger partial charge on any atom is 0.245 e. The van der Waals surface area contributed by atoms with Crippen molar-refractivity contribution in [2.45, 2.75) is 13.1 Å². The molecule has 2 aromatic heterocycles. The molecular weight excluding hydrogens is 302 g/mol. The molecule has 22 heavy (non-hydrogen) atoms. The Balaban J connectivity index is 1.60. The van der Waals surface area contributed by atoms with Gasteiger partial charge in [0.1, 0.15) is 5.76 Å². The van der Waals surface area contributed by atoms with Crippen molar-refractivity contribution < 1.29 is 4.42 Å². The van der Waals surface area contributed by atoms with Gasteiger partial charge in [0.25, 0.3) is 0 Å². The van der Waals surface area contributed by atoms with Gasteiger partial charge in [-0.05, 0) is 23.8 Å². The number of hydrogen-bond acceptors (Lipinski definition) is 6. The monoisotopic (exact) mass is 315 g/mol. The number of anilines is 2. The van der Waals surface area contributed by atoms with Crippen LogP contribution in [0.15, 0.2) is 53.3 Å². The zero-order valence-electron chi connectivity index (χ0n) is 11.7. The topological polar surface area (TPSA) is 75.9 Å². The number of halogens is 1. The predicted octanol–water partition coefficient (Wildman–Crippen LogP) is 3.34. The van der Waals surface area contributed by atoms with Crippen LogP contribution in [-0.2, 0) is 13.1 Å². The molecule has 0 atom stereocenters. The Bertz CT molecular complexity index is 732. The van der Waals surface area contributed by atoms with Crippen molar-refractivity contribution in [3.63, 3.8) is 0 Å². The van der Waals surface area contributed by atoms with Crippen molar-refractivity contribution in [1.82, 2.24) is 15.2 Å². The van der Waals surface area contributed by atoms with Gasteiger partial charge in [-0.25, -0.2) is 0 Å². The van der Waals surface area contributed by atoms with Gasteiger partial charge in [0.2, 0.25) is 5.95 Å². The molecule has 0 unspecified atom stereocenters. The lowest BCUT2D eigenvalue weighted by molar-refractivity contribution is 0.517. The molecule has 0 spiro atoms. The Labute approximate surface area is 132 Å². The second-order valence-electron chi connectivity index (χ2n) is 4.54. The summed E-state index contributed by atoms with van der Waals surface area (Å²) in [5.74, 6) is 1.86. The van der Waals surface area contributed by atoms with Crippen LogP contribution in [0.25, 0.3) is 0 Å². The van der Waals surface area contributed by atoms with Crippen molar-refractivity contribution in [2.75, 3.05) is 10.6 Å². The van der Waals surface area contributed by atoms with E-state index in [4.69, 9.17) is 16.0 Å². The van der Waals surface area contributed by atoms with Crippen molar-refractivity contribution >= 4 is 23.4 Å². The fraction of sp³-hybridized carbons (Fsp3) is 0.133. The van der Waals surface area contributed by atoms with Crippen molar-refractivity contribution in [3.8, 4) is 0 Å². The molecule has 0 bridgehead atoms. The zero-order valence-corrected chi connectivity index (χ0v) is 12.4. The first-order valence-electron chi connectivity index (χ1n) is 6.74. The molecule has 0 fully saturated rings. The third-order valence-electron chi connectivity index (χ3n) is 2.98. The SMILES string of the molecule is Clc1ccccc1CNc1cnnc(NCc2ccco2)n1. The molecule has 6 nitrogen and oxygen atoms in total. The third-order valence-corrected chi connectivity index (χ3v) is 3.35. The maximum absolute atomic E-state index is 6.12. The molecule has 0 saturated heterocycles. The van der Waals surface area contributed by atoms with Gasteiger partial charge in [-0.3, -0.25) is 0 Å². The van der Waals surface area contributed by atoms with Crippen LogP contribution in [0.5, 0.6) is 0 Å². The van der Waals surface area contributed by atoms with Gasteiger partial charge < -0.3 is 15.1 Å². The first-order valence-corrected chi connectivity index (χ1v) is 7.12. The molecule has 2 heterocycles. The summed E-state index contributed by atoms with van der Waals surface area (Å²) in [6.45, 7) is 1.07. The molecule has 3 aromatic rings. The van der Waals surface area contributed by atoms with E-state index in [1.165, 1.54) is 0 Å². The lowest BCUT2D eigenvalue weighted by Gasteiger charge is -2.08. The third kappa shape index (κ3) is 3.73. The highest BCUT2D eigenvalue weighted by molar-refractivity contribution is 6.31. The second-order valence-corrected chi connectivity index (χ2v) is 4.95. The Morgan fingerprint density at radius 1 is 1.05 bits per heavy atom. The summed E-state index contributed by atoms with van der Waals surface area (Å²) in [6, 6.07) is 11.4. The Hall–Kier alpha value is -2.60. The number of aromatic nitrogens is 3. The minimum atomic E-state index is 0.431. The smallest absolute Gasteiger partial charge is 0.245 e. The molecular formula is C15H14ClN5O. The van der Waals surface area contributed by atoms with Gasteiger partial charge in [-0.1, -0.05) is 29.8 Å². The van der Waals surface area contributed by atoms with Crippen molar-refractivity contribution in [3.05, 3.63) is 65.2 Å². The van der Waals surface area contributed by atoms with Crippen LogP contribution in [0.4, 0.5) is 11.8 Å². The van der Waals surface area contributed by atoms with Gasteiger partial charge in [0.05, 0.1) is 19.0 Å². The minimum absolute atomic E-state index is 0.431. The Morgan fingerprint density at radius 3 is 2.77 bits per heavy atom. The normalized spacial score (nSPS) is 10.4. The van der Waals surface area contributed by atoms with E-state index in [1.807, 2.05) is 36.4 Å². The molecule has 0 radical (unpaired) electrons. The van der Waals surface area contributed by atoms with E-state index in [2.05, 4.69) is 25.8 Å². The number of nitrogens with zero attached hydrogens (tertiary/aromatic N) is 3. The molecule has 0 saturated carbocycles. The number of nitrogens with one attached hydrogen (secondary N) is 2. The molecule has 1 aromatic carbocycles. The second kappa shape index (κ2) is 6.91. The summed E-state index contributed by atoms with van der Waals surface area (Å²) in [7, 11) is 0. The average molecular weight is 316 g/mol. The fourth-order valence-electron chi connectivity index (χ4n) is 1.87. The van der Waals surface area contributed by atoms with Gasteiger partial charge in [-0.2, -0.15) is 10.1 Å². The highest BCUT2D eigenvalue weighted by Crippen LogP contribution is 2.16. The van der Waals surface area contributed by atoms with Crippen LogP contribution in [0.2, 0.25) is 5.02 Å². The molecule has 0 aliphatic carbocycles. The molecule has 3 rings (SSSR count). The van der Waals surface area contributed by atoms with Crippen LogP contribution in [0.3, 0.4) is 0 Å². The Morgan fingerprint density at radius 2 is 1.95 bits per heavy atom. The summed E-state index contributed by atoms with van der Waals surface area (Å²) in [6.07, 6.45) is 3.19. The van der Waals surface area contributed by atoms with E-state index in [9.17, 15) is 0 Å². The summed E-state index contributed by atoms with van der Waals surface area (Å²) in [5.41, 5.74) is 0.993. The zero-order chi connectivity index (χ0) is 15.2. The largest absolute Gasteiger partial charge is 0.467 e. The number of hydrogen-bond donors (Lipinski definition) is 2. The maximum atomic E-state index is 6.12. The van der Waals surface area contributed by atoms with Crippen LogP contribution in [-0.4, -0.2) is 15.2 Å². The molecule has 0 amide bonds. The van der Waals surface area contributed by atoms with Crippen molar-refractivity contribution in [1.29, 1.82) is 0 Å². The van der Waals surface area contributed by atoms with Gasteiger partial charge >= 0.3 is 0 Å². The Kier molecular flexibility index (Phi) is 4.50. The molecule has 0 aliphatic rings. The van der Waals surface area contributed by atoms with E-state index in [0.29, 0.717) is 29.9 Å². The van der Waals surface area contributed by atoms with E-state index in [0.717, 1.165) is 11.3 Å². The number of rotatable bonds is 6. The average Bonchev–Trinajstić information content (AvgIpc) is 3.06. The van der Waals surface area contributed by atoms with Crippen LogP contribution < -0.4 is 10.6 Å². The number of benzene rings is 1. The predicted molar refractivity (Wildman–Crippen MR) is 84.6 cm³/mol. The van der Waals surface area contributed by atoms with Gasteiger partial charge in [0, 0.05) is 11.6 Å². The van der Waals surface area contributed by atoms with E-state index < -0.39 is 0 Å². The summed E-state index contributed by atoms with van der Waals surface area (Å²) >= 11 is 6.12. The highest BCUT2D eigenvalue weighted by Gasteiger charge is 2.03. The summed E-state index contributed by atoms with van der Waals surface area (Å²) in [5, 5.41) is 14.8. The standard InChI is InChI=1S/C15H14ClN5O/c16-13-6-2-1-4-11(13)8-17-14-10-19-21-15(20-14)18-9-12-5-3-7-22-12/h1-7,10H,8-9H2,(H2,17,18,20,21). The first-order chi connectivity index (χ1) is 10.8. The van der Waals surface area contributed by atoms with Crippen LogP contribution in [0.1, 0.15) is 11.3 Å².